The van der Waals surface area contributed by atoms with Gasteiger partial charge < -0.3 is 5.73 Å². The lowest BCUT2D eigenvalue weighted by Gasteiger charge is -2.27. The minimum Gasteiger partial charge on any atom is -0.398 e. The Morgan fingerprint density at radius 3 is 2.17 bits per heavy atom. The molecule has 0 radical (unpaired) electrons. The van der Waals surface area contributed by atoms with E-state index in [4.69, 9.17) is 17.3 Å². The highest BCUT2D eigenvalue weighted by Gasteiger charge is 2.48. The zero-order valence-corrected chi connectivity index (χ0v) is 26.3. The fraction of sp³-hybridized carbons (Fsp3) is 0.156. The number of carbonyl (C=O) groups excluding carboxylic acids is 1. The molecular weight excluding hydrogens is 663 g/mol. The van der Waals surface area contributed by atoms with Crippen LogP contribution in [0.15, 0.2) is 107 Å². The third-order valence-electron chi connectivity index (χ3n) is 7.49. The van der Waals surface area contributed by atoms with Gasteiger partial charge in [0.05, 0.1) is 10.6 Å². The maximum absolute atomic E-state index is 13.0. The maximum atomic E-state index is 13.0. The number of nitrogens with zero attached hydrogens (tertiary/aromatic N) is 1. The standard InChI is InChI=1S/C32H27ClF3N3O5S2/c33-26-11-9-23(10-12-26)28-4-2-1-3-25(28)20-39-17-15-22(16-18-39)21-5-7-24(8-6-21)31(40)38-46(43,44)27-13-14-29(37)30(19-27)45(41,42)32(34,35)36/h1-15,19H,16-18,20,37H2,(H,38,40). The molecule has 0 atom stereocenters. The van der Waals surface area contributed by atoms with Gasteiger partial charge in [-0.3, -0.25) is 9.69 Å². The van der Waals surface area contributed by atoms with Crippen molar-refractivity contribution in [3.63, 3.8) is 0 Å². The van der Waals surface area contributed by atoms with Crippen LogP contribution in [0.2, 0.25) is 5.02 Å². The Bertz CT molecular complexity index is 2030. The van der Waals surface area contributed by atoms with Gasteiger partial charge in [-0.25, -0.2) is 21.6 Å². The zero-order chi connectivity index (χ0) is 33.3. The molecule has 0 saturated carbocycles. The number of carbonyl (C=O) groups is 1. The van der Waals surface area contributed by atoms with E-state index in [1.807, 2.05) is 36.4 Å². The van der Waals surface area contributed by atoms with Gasteiger partial charge in [0.25, 0.3) is 25.8 Å². The minimum absolute atomic E-state index is 0.0252. The number of sulfone groups is 1. The number of rotatable bonds is 8. The SMILES string of the molecule is Nc1ccc(S(=O)(=O)NC(=O)c2ccc(C3=CCN(Cc4ccccc4-c4ccc(Cl)cc4)CC3)cc2)cc1S(=O)(=O)C(F)(F)F. The number of nitrogens with one attached hydrogen (secondary N) is 1. The molecule has 0 unspecified atom stereocenters. The number of amides is 1. The molecule has 4 aromatic carbocycles. The molecule has 0 spiro atoms. The van der Waals surface area contributed by atoms with E-state index in [0.29, 0.717) is 17.6 Å². The summed E-state index contributed by atoms with van der Waals surface area (Å²) >= 11 is 6.06. The van der Waals surface area contributed by atoms with E-state index in [9.17, 15) is 34.8 Å². The molecule has 5 rings (SSSR count). The molecule has 0 aromatic heterocycles. The Hall–Kier alpha value is -4.17. The van der Waals surface area contributed by atoms with Gasteiger partial charge in [-0.1, -0.05) is 66.2 Å². The highest BCUT2D eigenvalue weighted by Crippen LogP contribution is 2.35. The summed E-state index contributed by atoms with van der Waals surface area (Å²) in [6, 6.07) is 23.9. The lowest BCUT2D eigenvalue weighted by molar-refractivity contribution is -0.0435. The van der Waals surface area contributed by atoms with Crippen molar-refractivity contribution in [2.24, 2.45) is 0 Å². The summed E-state index contributed by atoms with van der Waals surface area (Å²) in [7, 11) is -10.7. The lowest BCUT2D eigenvalue weighted by Crippen LogP contribution is -2.31. The first-order valence-corrected chi connectivity index (χ1v) is 17.1. The molecule has 46 heavy (non-hydrogen) atoms. The van der Waals surface area contributed by atoms with Gasteiger partial charge >= 0.3 is 5.51 Å². The Morgan fingerprint density at radius 2 is 1.54 bits per heavy atom. The fourth-order valence-electron chi connectivity index (χ4n) is 5.04. The molecule has 1 amide bonds. The second-order valence-electron chi connectivity index (χ2n) is 10.5. The van der Waals surface area contributed by atoms with Gasteiger partial charge in [-0.2, -0.15) is 13.2 Å². The Morgan fingerprint density at radius 1 is 0.891 bits per heavy atom. The molecule has 240 valence electrons. The van der Waals surface area contributed by atoms with Crippen LogP contribution in [0.25, 0.3) is 16.7 Å². The molecule has 8 nitrogen and oxygen atoms in total. The van der Waals surface area contributed by atoms with E-state index in [2.05, 4.69) is 23.1 Å². The van der Waals surface area contributed by atoms with E-state index >= 15 is 0 Å². The molecule has 0 bridgehead atoms. The zero-order valence-electron chi connectivity index (χ0n) is 24.0. The monoisotopic (exact) mass is 689 g/mol. The minimum atomic E-state index is -5.93. The van der Waals surface area contributed by atoms with Gasteiger partial charge in [0.2, 0.25) is 0 Å². The van der Waals surface area contributed by atoms with Crippen LogP contribution >= 0.6 is 11.6 Å². The van der Waals surface area contributed by atoms with Crippen molar-refractivity contribution in [1.82, 2.24) is 9.62 Å². The van der Waals surface area contributed by atoms with E-state index < -0.39 is 46.8 Å². The highest BCUT2D eigenvalue weighted by atomic mass is 35.5. The van der Waals surface area contributed by atoms with Crippen molar-refractivity contribution in [3.05, 3.63) is 119 Å². The summed E-state index contributed by atoms with van der Waals surface area (Å²) < 4.78 is 90.1. The van der Waals surface area contributed by atoms with Crippen LogP contribution in [0.1, 0.15) is 27.9 Å². The van der Waals surface area contributed by atoms with Gasteiger partial charge in [-0.05, 0) is 76.7 Å². The van der Waals surface area contributed by atoms with Crippen LogP contribution in [0, 0.1) is 0 Å². The van der Waals surface area contributed by atoms with Crippen molar-refractivity contribution in [3.8, 4) is 11.1 Å². The van der Waals surface area contributed by atoms with Crippen LogP contribution in [-0.4, -0.2) is 46.2 Å². The maximum Gasteiger partial charge on any atom is 0.501 e. The van der Waals surface area contributed by atoms with Crippen LogP contribution in [0.4, 0.5) is 18.9 Å². The van der Waals surface area contributed by atoms with E-state index in [1.54, 1.807) is 16.9 Å². The van der Waals surface area contributed by atoms with Crippen LogP contribution < -0.4 is 10.5 Å². The molecule has 0 saturated heterocycles. The molecular formula is C32H27ClF3N3O5S2. The van der Waals surface area contributed by atoms with Crippen molar-refractivity contribution in [2.45, 2.75) is 28.3 Å². The van der Waals surface area contributed by atoms with Crippen molar-refractivity contribution < 1.29 is 34.8 Å². The van der Waals surface area contributed by atoms with Crippen molar-refractivity contribution in [2.75, 3.05) is 18.8 Å². The first-order chi connectivity index (χ1) is 21.7. The van der Waals surface area contributed by atoms with E-state index in [-0.39, 0.29) is 11.6 Å². The molecule has 1 heterocycles. The molecule has 4 aromatic rings. The second kappa shape index (κ2) is 12.9. The highest BCUT2D eigenvalue weighted by molar-refractivity contribution is 7.92. The van der Waals surface area contributed by atoms with Gasteiger partial charge in [0.15, 0.2) is 0 Å². The summed E-state index contributed by atoms with van der Waals surface area (Å²) in [5.74, 6) is -1.05. The average molecular weight is 690 g/mol. The van der Waals surface area contributed by atoms with Crippen LogP contribution in [0.3, 0.4) is 0 Å². The van der Waals surface area contributed by atoms with Crippen molar-refractivity contribution >= 4 is 48.6 Å². The first kappa shape index (κ1) is 33.2. The fourth-order valence-corrected chi connectivity index (χ4v) is 7.15. The quantitative estimate of drug-likeness (QED) is 0.208. The molecule has 14 heteroatoms. The van der Waals surface area contributed by atoms with Crippen molar-refractivity contribution in [1.29, 1.82) is 0 Å². The number of benzene rings is 4. The number of halogens is 4. The van der Waals surface area contributed by atoms with E-state index in [1.165, 1.54) is 17.7 Å². The summed E-state index contributed by atoms with van der Waals surface area (Å²) in [6.07, 6.45) is 2.84. The molecule has 0 fully saturated rings. The third-order valence-corrected chi connectivity index (χ3v) is 10.6. The Labute approximate surface area is 269 Å². The smallest absolute Gasteiger partial charge is 0.398 e. The summed E-state index contributed by atoms with van der Waals surface area (Å²) in [5, 5.41) is 0.674. The first-order valence-electron chi connectivity index (χ1n) is 13.8. The number of sulfonamides is 1. The largest absolute Gasteiger partial charge is 0.501 e. The summed E-state index contributed by atoms with van der Waals surface area (Å²) in [4.78, 5) is 12.8. The molecule has 1 aliphatic heterocycles. The third kappa shape index (κ3) is 7.12. The topological polar surface area (TPSA) is 127 Å². The molecule has 0 aliphatic carbocycles. The predicted octanol–water partition coefficient (Wildman–Crippen LogP) is 6.29. The van der Waals surface area contributed by atoms with Crippen LogP contribution in [0.5, 0.6) is 0 Å². The Balaban J connectivity index is 1.25. The molecule has 1 aliphatic rings. The summed E-state index contributed by atoms with van der Waals surface area (Å²) in [5.41, 5.74) is 4.17. The Kier molecular flexibility index (Phi) is 9.32. The lowest BCUT2D eigenvalue weighted by atomic mass is 9.96. The average Bonchev–Trinajstić information content (AvgIpc) is 3.01. The van der Waals surface area contributed by atoms with Crippen LogP contribution in [-0.2, 0) is 26.4 Å². The second-order valence-corrected chi connectivity index (χ2v) is 14.6. The number of nitrogen functional groups attached to an aromatic ring is 1. The summed E-state index contributed by atoms with van der Waals surface area (Å²) in [6.45, 7) is 2.22. The number of hydrogen-bond donors (Lipinski definition) is 2. The van der Waals surface area contributed by atoms with Gasteiger partial charge in [0, 0.05) is 30.2 Å². The number of anilines is 1. The van der Waals surface area contributed by atoms with E-state index in [0.717, 1.165) is 47.8 Å². The number of alkyl halides is 3. The molecule has 3 N–H and O–H groups in total. The normalized spacial score (nSPS) is 14.5. The van der Waals surface area contributed by atoms with Gasteiger partial charge in [-0.15, -0.1) is 0 Å². The van der Waals surface area contributed by atoms with Gasteiger partial charge in [0.1, 0.15) is 4.90 Å². The number of hydrogen-bond acceptors (Lipinski definition) is 7. The number of nitrogens with two attached hydrogens (primary N) is 1. The predicted molar refractivity (Wildman–Crippen MR) is 170 cm³/mol.